The van der Waals surface area contributed by atoms with Gasteiger partial charge in [0, 0.05) is 13.1 Å². The van der Waals surface area contributed by atoms with Gasteiger partial charge in [0.2, 0.25) is 6.29 Å². The molecule has 0 saturated carbocycles. The van der Waals surface area contributed by atoms with Gasteiger partial charge in [-0.05, 0) is 19.9 Å². The summed E-state index contributed by atoms with van der Waals surface area (Å²) in [7, 11) is 0. The van der Waals surface area contributed by atoms with Crippen LogP contribution in [0.25, 0.3) is 0 Å². The van der Waals surface area contributed by atoms with Gasteiger partial charge in [-0.2, -0.15) is 0 Å². The molecule has 0 aliphatic carbocycles. The van der Waals surface area contributed by atoms with Crippen LogP contribution in [0.4, 0.5) is 0 Å². The largest absolute Gasteiger partial charge is 0.460 e. The maximum Gasteiger partial charge on any atom is 0.229 e. The third kappa shape index (κ3) is 5.74. The zero-order valence-corrected chi connectivity index (χ0v) is 20.9. The van der Waals surface area contributed by atoms with E-state index in [-0.39, 0.29) is 23.8 Å². The van der Waals surface area contributed by atoms with Crippen LogP contribution in [0.3, 0.4) is 0 Å². The van der Waals surface area contributed by atoms with Crippen LogP contribution in [-0.2, 0) is 23.7 Å². The highest BCUT2D eigenvalue weighted by atomic mass is 16.8. The molecule has 3 aliphatic heterocycles. The van der Waals surface area contributed by atoms with Crippen LogP contribution in [0.15, 0.2) is 12.3 Å². The lowest BCUT2D eigenvalue weighted by Crippen LogP contribution is -2.65. The Balaban J connectivity index is 1.58. The Morgan fingerprint density at radius 1 is 0.816 bits per heavy atom. The van der Waals surface area contributed by atoms with Gasteiger partial charge in [0.15, 0.2) is 30.2 Å². The molecule has 4 rings (SSSR count). The highest BCUT2D eigenvalue weighted by molar-refractivity contribution is 5.94. The van der Waals surface area contributed by atoms with Crippen LogP contribution < -0.4 is 4.74 Å². The Bertz CT molecular complexity index is 945. The van der Waals surface area contributed by atoms with Gasteiger partial charge in [0.05, 0.1) is 18.8 Å². The molecular formula is C23H35NO14. The molecule has 14 unspecified atom stereocenters. The highest BCUT2D eigenvalue weighted by Gasteiger charge is 2.52. The Hall–Kier alpha value is -1.73. The van der Waals surface area contributed by atoms with E-state index in [1.807, 2.05) is 0 Å². The summed E-state index contributed by atoms with van der Waals surface area (Å²) < 4.78 is 34.1. The number of H-pyrrole nitrogens is 1. The van der Waals surface area contributed by atoms with E-state index in [2.05, 4.69) is 4.98 Å². The monoisotopic (exact) mass is 549 g/mol. The van der Waals surface area contributed by atoms with Gasteiger partial charge in [-0.25, -0.2) is 0 Å². The third-order valence-electron chi connectivity index (χ3n) is 6.90. The Kier molecular flexibility index (Phi) is 9.08. The van der Waals surface area contributed by atoms with E-state index in [1.54, 1.807) is 0 Å². The van der Waals surface area contributed by atoms with Gasteiger partial charge in [-0.3, -0.25) is 4.79 Å². The molecule has 0 amide bonds. The molecule has 8 N–H and O–H groups in total. The van der Waals surface area contributed by atoms with E-state index in [4.69, 9.17) is 28.4 Å². The van der Waals surface area contributed by atoms with E-state index in [1.165, 1.54) is 33.0 Å². The second kappa shape index (κ2) is 11.8. The molecule has 0 spiro atoms. The van der Waals surface area contributed by atoms with Gasteiger partial charge in [-0.15, -0.1) is 0 Å². The zero-order valence-electron chi connectivity index (χ0n) is 20.9. The number of ether oxygens (including phenoxy) is 6. The van der Waals surface area contributed by atoms with E-state index in [0.29, 0.717) is 0 Å². The maximum absolute atomic E-state index is 12.0. The minimum absolute atomic E-state index is 0.0898. The number of hydrogen-bond acceptors (Lipinski definition) is 14. The van der Waals surface area contributed by atoms with Crippen LogP contribution >= 0.6 is 0 Å². The number of hydrogen-bond donors (Lipinski definition) is 8. The summed E-state index contributed by atoms with van der Waals surface area (Å²) in [6.07, 6.45) is -18.4. The number of rotatable bonds is 7. The van der Waals surface area contributed by atoms with Crippen LogP contribution in [-0.4, -0.2) is 139 Å². The summed E-state index contributed by atoms with van der Waals surface area (Å²) in [6, 6.07) is 1.46. The second-order valence-electron chi connectivity index (χ2n) is 9.72. The van der Waals surface area contributed by atoms with Crippen LogP contribution in [0.1, 0.15) is 31.3 Å². The molecule has 38 heavy (non-hydrogen) atoms. The van der Waals surface area contributed by atoms with Gasteiger partial charge < -0.3 is 69.2 Å². The van der Waals surface area contributed by atoms with Crippen molar-refractivity contribution in [2.45, 2.75) is 107 Å². The lowest BCUT2D eigenvalue weighted by Gasteiger charge is -2.47. The number of aliphatic hydroxyl groups excluding tert-OH is 7. The summed E-state index contributed by atoms with van der Waals surface area (Å²) in [5.74, 6) is -0.249. The van der Waals surface area contributed by atoms with E-state index >= 15 is 0 Å². The molecule has 1 aromatic heterocycles. The molecule has 0 bridgehead atoms. The molecule has 4 heterocycles. The van der Waals surface area contributed by atoms with E-state index in [0.717, 1.165) is 0 Å². The molecule has 15 nitrogen and oxygen atoms in total. The molecular weight excluding hydrogens is 514 g/mol. The van der Waals surface area contributed by atoms with Gasteiger partial charge >= 0.3 is 0 Å². The Morgan fingerprint density at radius 3 is 2.13 bits per heavy atom. The summed E-state index contributed by atoms with van der Waals surface area (Å²) in [6.45, 7) is 3.95. The Morgan fingerprint density at radius 2 is 1.45 bits per heavy atom. The van der Waals surface area contributed by atoms with Crippen molar-refractivity contribution in [3.8, 4) is 5.75 Å². The van der Waals surface area contributed by atoms with Crippen LogP contribution in [0.2, 0.25) is 0 Å². The fourth-order valence-electron chi connectivity index (χ4n) is 4.61. The van der Waals surface area contributed by atoms with Crippen molar-refractivity contribution in [3.05, 3.63) is 18.0 Å². The fraction of sp³-hybridized carbons (Fsp3) is 0.783. The summed E-state index contributed by atoms with van der Waals surface area (Å²) in [5.41, 5.74) is 0.125. The van der Waals surface area contributed by atoms with Crippen molar-refractivity contribution in [3.63, 3.8) is 0 Å². The molecule has 0 radical (unpaired) electrons. The average molecular weight is 550 g/mol. The maximum atomic E-state index is 12.0. The van der Waals surface area contributed by atoms with Crippen molar-refractivity contribution < 1.29 is 69.0 Å². The first-order valence-electron chi connectivity index (χ1n) is 12.3. The number of carbonyl (C=O) groups excluding carboxylic acids is 1. The van der Waals surface area contributed by atoms with Gasteiger partial charge in [0.25, 0.3) is 0 Å². The van der Waals surface area contributed by atoms with Crippen LogP contribution in [0.5, 0.6) is 5.75 Å². The highest BCUT2D eigenvalue weighted by Crippen LogP contribution is 2.33. The molecule has 216 valence electrons. The van der Waals surface area contributed by atoms with Crippen molar-refractivity contribution in [1.82, 2.24) is 4.98 Å². The fourth-order valence-corrected chi connectivity index (χ4v) is 4.61. The van der Waals surface area contributed by atoms with Gasteiger partial charge in [-0.1, -0.05) is 0 Å². The van der Waals surface area contributed by atoms with Crippen molar-refractivity contribution >= 4 is 5.78 Å². The molecule has 3 fully saturated rings. The lowest BCUT2D eigenvalue weighted by molar-refractivity contribution is -0.369. The summed E-state index contributed by atoms with van der Waals surface area (Å²) in [4.78, 5) is 14.7. The first kappa shape index (κ1) is 29.3. The normalized spacial score (nSPS) is 46.1. The van der Waals surface area contributed by atoms with Gasteiger partial charge in [0.1, 0.15) is 54.5 Å². The molecule has 0 aromatic carbocycles. The number of carbonyl (C=O) groups is 1. The van der Waals surface area contributed by atoms with E-state index < -0.39 is 86.0 Å². The molecule has 1 aromatic rings. The van der Waals surface area contributed by atoms with E-state index in [9.17, 15) is 40.5 Å². The lowest BCUT2D eigenvalue weighted by atomic mass is 9.97. The van der Waals surface area contributed by atoms with Crippen molar-refractivity contribution in [1.29, 1.82) is 0 Å². The average Bonchev–Trinajstić information content (AvgIpc) is 3.34. The van der Waals surface area contributed by atoms with Crippen LogP contribution in [0, 0.1) is 0 Å². The quantitative estimate of drug-likeness (QED) is 0.156. The number of aromatic nitrogens is 1. The smallest absolute Gasteiger partial charge is 0.229 e. The third-order valence-corrected chi connectivity index (χ3v) is 6.90. The molecule has 14 atom stereocenters. The minimum atomic E-state index is -1.71. The van der Waals surface area contributed by atoms with Crippen molar-refractivity contribution in [2.75, 3.05) is 6.61 Å². The summed E-state index contributed by atoms with van der Waals surface area (Å²) >= 11 is 0. The zero-order chi connectivity index (χ0) is 27.9. The molecule has 15 heteroatoms. The molecule has 3 saturated heterocycles. The predicted octanol–water partition coefficient (Wildman–Crippen LogP) is -3.26. The number of aromatic amines is 1. The van der Waals surface area contributed by atoms with Crippen molar-refractivity contribution in [2.24, 2.45) is 0 Å². The first-order chi connectivity index (χ1) is 17.9. The Labute approximate surface area is 217 Å². The minimum Gasteiger partial charge on any atom is -0.460 e. The number of ketones is 1. The topological polar surface area (TPSA) is 230 Å². The molecule has 3 aliphatic rings. The summed E-state index contributed by atoms with van der Waals surface area (Å²) in [5, 5.41) is 72.0. The second-order valence-corrected chi connectivity index (χ2v) is 9.72. The number of aliphatic hydroxyl groups is 7. The standard InChI is InChI=1S/C23H35NO14/c1-7(25)12-11(4-5-24-12)36-23-20(38-22-17(31)15(29)13(27)8(2)34-22)18(32)19(9(3)35-23)37-21-16(30)14(28)10(26)6-33-21/h4-5,8-10,13-24,26-32H,6H2,1-3H3. The first-order valence-corrected chi connectivity index (χ1v) is 12.3. The number of nitrogens with one attached hydrogen (secondary N) is 1. The number of Topliss-reactive ketones (excluding diaryl/α,β-unsaturated/α-hetero) is 1. The predicted molar refractivity (Wildman–Crippen MR) is 122 cm³/mol. The SMILES string of the molecule is CC(=O)c1[nH]ccc1OC1OC(C)C(OC2OCC(O)C(O)C2O)C(O)C1OC1OC(C)C(O)C(O)C1O.